The second-order valence-electron chi connectivity index (χ2n) is 4.53. The van der Waals surface area contributed by atoms with E-state index in [-0.39, 0.29) is 11.7 Å². The summed E-state index contributed by atoms with van der Waals surface area (Å²) in [5.74, 6) is 1.35. The normalized spacial score (nSPS) is 14.7. The number of carbonyl (C=O) groups excluding carboxylic acids is 1. The Morgan fingerprint density at radius 3 is 3.11 bits per heavy atom. The van der Waals surface area contributed by atoms with Crippen molar-refractivity contribution in [2.45, 2.75) is 32.2 Å². The summed E-state index contributed by atoms with van der Waals surface area (Å²) in [5.41, 5.74) is 1.20. The molecular weight excluding hydrogens is 248 g/mol. The highest BCUT2D eigenvalue weighted by atomic mass is 32.1. The topological polar surface area (TPSA) is 70.7 Å². The Labute approximate surface area is 109 Å². The predicted octanol–water partition coefficient (Wildman–Crippen LogP) is 1.98. The fourth-order valence-corrected chi connectivity index (χ4v) is 2.59. The summed E-state index contributed by atoms with van der Waals surface area (Å²) in [5, 5.41) is 11.7. The number of nitrogens with zero attached hydrogens (tertiary/aromatic N) is 2. The molecule has 0 saturated heterocycles. The van der Waals surface area contributed by atoms with Crippen LogP contribution >= 0.6 is 11.3 Å². The summed E-state index contributed by atoms with van der Waals surface area (Å²) in [7, 11) is 0. The second kappa shape index (κ2) is 4.53. The number of aromatic nitrogens is 3. The van der Waals surface area contributed by atoms with Gasteiger partial charge in [0.05, 0.1) is 6.54 Å². The Morgan fingerprint density at radius 2 is 2.44 bits per heavy atom. The van der Waals surface area contributed by atoms with Crippen molar-refractivity contribution in [3.63, 3.8) is 0 Å². The lowest BCUT2D eigenvalue weighted by molar-refractivity contribution is 0.0941. The average Bonchev–Trinajstić information content (AvgIpc) is 2.95. The zero-order valence-corrected chi connectivity index (χ0v) is 10.9. The molecule has 0 atom stereocenters. The van der Waals surface area contributed by atoms with E-state index in [9.17, 15) is 4.79 Å². The van der Waals surface area contributed by atoms with Crippen molar-refractivity contribution in [3.8, 4) is 0 Å². The summed E-state index contributed by atoms with van der Waals surface area (Å²) in [6.45, 7) is 2.58. The van der Waals surface area contributed by atoms with Gasteiger partial charge in [-0.15, -0.1) is 16.4 Å². The maximum absolute atomic E-state index is 11.9. The van der Waals surface area contributed by atoms with Gasteiger partial charge in [-0.3, -0.25) is 9.89 Å². The van der Waals surface area contributed by atoms with Gasteiger partial charge in [0.1, 0.15) is 5.82 Å². The fourth-order valence-electron chi connectivity index (χ4n) is 1.74. The number of hydrogen-bond donors (Lipinski definition) is 2. The maximum atomic E-state index is 11.9. The standard InChI is InChI=1S/C12H14N4OS/c1-7-4-5-18-9(7)6-13-12(17)11-14-10(15-16-11)8-2-3-8/h4-5,8H,2-3,6H2,1H3,(H,13,17)(H,14,15,16). The van der Waals surface area contributed by atoms with Gasteiger partial charge in [0.2, 0.25) is 5.82 Å². The van der Waals surface area contributed by atoms with Crippen LogP contribution in [0.2, 0.25) is 0 Å². The van der Waals surface area contributed by atoms with Crippen LogP contribution < -0.4 is 5.32 Å². The molecule has 0 aliphatic heterocycles. The highest BCUT2D eigenvalue weighted by Crippen LogP contribution is 2.37. The zero-order valence-electron chi connectivity index (χ0n) is 10.1. The molecule has 1 amide bonds. The number of hydrogen-bond acceptors (Lipinski definition) is 4. The van der Waals surface area contributed by atoms with E-state index in [1.54, 1.807) is 11.3 Å². The van der Waals surface area contributed by atoms with Gasteiger partial charge in [-0.2, -0.15) is 0 Å². The molecule has 1 aliphatic rings. The first kappa shape index (κ1) is 11.4. The molecule has 2 N–H and O–H groups in total. The number of aryl methyl sites for hydroxylation is 1. The molecule has 3 rings (SSSR count). The van der Waals surface area contributed by atoms with Gasteiger partial charge in [0.25, 0.3) is 5.91 Å². The quantitative estimate of drug-likeness (QED) is 0.885. The first-order valence-electron chi connectivity index (χ1n) is 5.97. The van der Waals surface area contributed by atoms with E-state index < -0.39 is 0 Å². The molecule has 18 heavy (non-hydrogen) atoms. The second-order valence-corrected chi connectivity index (χ2v) is 5.53. The summed E-state index contributed by atoms with van der Waals surface area (Å²) in [6.07, 6.45) is 2.29. The summed E-state index contributed by atoms with van der Waals surface area (Å²) in [6, 6.07) is 2.05. The van der Waals surface area contributed by atoms with Gasteiger partial charge in [0.15, 0.2) is 0 Å². The van der Waals surface area contributed by atoms with Gasteiger partial charge >= 0.3 is 0 Å². The van der Waals surface area contributed by atoms with Crippen LogP contribution in [-0.2, 0) is 6.54 Å². The Bertz CT molecular complexity index is 570. The number of rotatable bonds is 4. The number of thiophene rings is 1. The molecule has 1 aliphatic carbocycles. The SMILES string of the molecule is Cc1ccsc1CNC(=O)c1n[nH]c(C2CC2)n1. The molecule has 0 aromatic carbocycles. The minimum Gasteiger partial charge on any atom is -0.344 e. The summed E-state index contributed by atoms with van der Waals surface area (Å²) < 4.78 is 0. The molecule has 6 heteroatoms. The number of nitrogens with one attached hydrogen (secondary N) is 2. The van der Waals surface area contributed by atoms with Gasteiger partial charge in [0, 0.05) is 10.8 Å². The van der Waals surface area contributed by atoms with Crippen LogP contribution in [0.3, 0.4) is 0 Å². The van der Waals surface area contributed by atoms with Crippen LogP contribution in [0.5, 0.6) is 0 Å². The van der Waals surface area contributed by atoms with Crippen molar-refractivity contribution in [1.29, 1.82) is 0 Å². The molecule has 0 spiro atoms. The molecule has 0 radical (unpaired) electrons. The predicted molar refractivity (Wildman–Crippen MR) is 68.6 cm³/mol. The maximum Gasteiger partial charge on any atom is 0.291 e. The van der Waals surface area contributed by atoms with Crippen LogP contribution in [0, 0.1) is 6.92 Å². The lowest BCUT2D eigenvalue weighted by Crippen LogP contribution is -2.23. The third-order valence-corrected chi connectivity index (χ3v) is 4.07. The van der Waals surface area contributed by atoms with Crippen molar-refractivity contribution >= 4 is 17.2 Å². The van der Waals surface area contributed by atoms with E-state index in [1.807, 2.05) is 18.4 Å². The smallest absolute Gasteiger partial charge is 0.291 e. The third kappa shape index (κ3) is 2.28. The van der Waals surface area contributed by atoms with E-state index in [0.717, 1.165) is 18.7 Å². The van der Waals surface area contributed by atoms with Crippen LogP contribution in [0.15, 0.2) is 11.4 Å². The molecule has 0 unspecified atom stereocenters. The molecule has 2 aromatic rings. The van der Waals surface area contributed by atoms with Crippen LogP contribution in [0.4, 0.5) is 0 Å². The van der Waals surface area contributed by atoms with Crippen molar-refractivity contribution < 1.29 is 4.79 Å². The fraction of sp³-hybridized carbons (Fsp3) is 0.417. The van der Waals surface area contributed by atoms with Crippen LogP contribution in [-0.4, -0.2) is 21.1 Å². The first-order chi connectivity index (χ1) is 8.74. The Hall–Kier alpha value is -1.69. The van der Waals surface area contributed by atoms with Crippen molar-refractivity contribution in [2.24, 2.45) is 0 Å². The molecule has 0 bridgehead atoms. The molecule has 5 nitrogen and oxygen atoms in total. The number of aromatic amines is 1. The Balaban J connectivity index is 1.62. The Kier molecular flexibility index (Phi) is 2.87. The summed E-state index contributed by atoms with van der Waals surface area (Å²) >= 11 is 1.64. The molecule has 1 fully saturated rings. The van der Waals surface area contributed by atoms with E-state index in [4.69, 9.17) is 0 Å². The van der Waals surface area contributed by atoms with Crippen molar-refractivity contribution in [3.05, 3.63) is 33.5 Å². The molecule has 2 heterocycles. The van der Waals surface area contributed by atoms with Crippen LogP contribution in [0.1, 0.15) is 45.6 Å². The van der Waals surface area contributed by atoms with Gasteiger partial charge in [-0.05, 0) is 36.8 Å². The number of H-pyrrole nitrogens is 1. The monoisotopic (exact) mass is 262 g/mol. The van der Waals surface area contributed by atoms with Crippen LogP contribution in [0.25, 0.3) is 0 Å². The molecule has 94 valence electrons. The van der Waals surface area contributed by atoms with E-state index in [1.165, 1.54) is 10.4 Å². The largest absolute Gasteiger partial charge is 0.344 e. The van der Waals surface area contributed by atoms with E-state index >= 15 is 0 Å². The number of amides is 1. The third-order valence-electron chi connectivity index (χ3n) is 3.05. The van der Waals surface area contributed by atoms with Crippen molar-refractivity contribution in [2.75, 3.05) is 0 Å². The van der Waals surface area contributed by atoms with Crippen molar-refractivity contribution in [1.82, 2.24) is 20.5 Å². The average molecular weight is 262 g/mol. The lowest BCUT2D eigenvalue weighted by atomic mass is 10.3. The first-order valence-corrected chi connectivity index (χ1v) is 6.85. The zero-order chi connectivity index (χ0) is 12.5. The van der Waals surface area contributed by atoms with Gasteiger partial charge in [-0.1, -0.05) is 0 Å². The lowest BCUT2D eigenvalue weighted by Gasteiger charge is -2.01. The molecule has 2 aromatic heterocycles. The Morgan fingerprint density at radius 1 is 1.61 bits per heavy atom. The minimum absolute atomic E-state index is 0.217. The molecule has 1 saturated carbocycles. The highest BCUT2D eigenvalue weighted by Gasteiger charge is 2.28. The number of carbonyl (C=O) groups is 1. The van der Waals surface area contributed by atoms with Gasteiger partial charge in [-0.25, -0.2) is 4.98 Å². The molecular formula is C12H14N4OS. The van der Waals surface area contributed by atoms with E-state index in [0.29, 0.717) is 12.5 Å². The highest BCUT2D eigenvalue weighted by molar-refractivity contribution is 7.10. The van der Waals surface area contributed by atoms with Gasteiger partial charge < -0.3 is 5.32 Å². The minimum atomic E-state index is -0.217. The van der Waals surface area contributed by atoms with E-state index in [2.05, 4.69) is 20.5 Å². The summed E-state index contributed by atoms with van der Waals surface area (Å²) in [4.78, 5) is 17.2.